The van der Waals surface area contributed by atoms with Crippen LogP contribution in [0.4, 0.5) is 0 Å². The number of allylic oxidation sites excluding steroid dienone is 2. The summed E-state index contributed by atoms with van der Waals surface area (Å²) in [5.41, 5.74) is 0.399. The van der Waals surface area contributed by atoms with Gasteiger partial charge in [-0.15, -0.1) is 0 Å². The number of nitrogens with zero attached hydrogens (tertiary/aromatic N) is 3. The Morgan fingerprint density at radius 3 is 2.36 bits per heavy atom. The summed E-state index contributed by atoms with van der Waals surface area (Å²) in [6.07, 6.45) is 2.77. The van der Waals surface area contributed by atoms with Gasteiger partial charge in [-0.25, -0.2) is 0 Å². The Morgan fingerprint density at radius 1 is 1.55 bits per heavy atom. The van der Waals surface area contributed by atoms with E-state index in [1.165, 1.54) is 12.2 Å². The van der Waals surface area contributed by atoms with Crippen molar-refractivity contribution < 1.29 is 88.6 Å². The van der Waals surface area contributed by atoms with Crippen LogP contribution in [0.5, 0.6) is 0 Å². The summed E-state index contributed by atoms with van der Waals surface area (Å²) in [6.45, 7) is 11.4. The molecule has 0 saturated heterocycles. The van der Waals surface area contributed by atoms with Crippen LogP contribution in [-0.2, 0) is 83.5 Å². The van der Waals surface area contributed by atoms with Crippen molar-refractivity contribution >= 4 is 20.8 Å². The Kier molecular flexibility index (Phi) is 26.1. The van der Waals surface area contributed by atoms with E-state index in [1.807, 2.05) is 13.8 Å². The molecule has 10 heteroatoms. The molecule has 1 aliphatic heterocycles. The maximum atomic E-state index is 11.7. The van der Waals surface area contributed by atoms with Crippen molar-refractivity contribution in [3.63, 3.8) is 0 Å². The molecular formula is C12H16N3O4VWY-3. The molecular weight excluding hydrogens is 574 g/mol. The Morgan fingerprint density at radius 2 is 2.00 bits per heavy atom. The quantitative estimate of drug-likeness (QED) is 0.399. The molecule has 1 heterocycles. The van der Waals surface area contributed by atoms with Crippen molar-refractivity contribution in [3.05, 3.63) is 31.7 Å². The Labute approximate surface area is 176 Å². The Bertz CT molecular complexity index is 456. The van der Waals surface area contributed by atoms with Crippen LogP contribution in [0.25, 0.3) is 0 Å². The first kappa shape index (κ1) is 30.0. The fourth-order valence-corrected chi connectivity index (χ4v) is 1.60. The molecule has 0 saturated carbocycles. The van der Waals surface area contributed by atoms with Crippen LogP contribution in [0.2, 0.25) is 0 Å². The molecule has 0 aliphatic carbocycles. The van der Waals surface area contributed by atoms with Gasteiger partial charge in [-0.05, 0) is 0 Å². The molecule has 0 aromatic carbocycles. The molecule has 1 radical (unpaired) electrons. The van der Waals surface area contributed by atoms with Crippen molar-refractivity contribution in [2.75, 3.05) is 0 Å². The Hall–Kier alpha value is 0.0966. The van der Waals surface area contributed by atoms with E-state index in [1.54, 1.807) is 6.92 Å². The van der Waals surface area contributed by atoms with Crippen LogP contribution >= 0.6 is 0 Å². The van der Waals surface area contributed by atoms with Crippen molar-refractivity contribution in [1.82, 2.24) is 5.17 Å². The molecule has 0 bridgehead atoms. The summed E-state index contributed by atoms with van der Waals surface area (Å²) < 4.78 is 1.13. The molecule has 7 nitrogen and oxygen atoms in total. The van der Waals surface area contributed by atoms with Gasteiger partial charge in [-0.3, -0.25) is 0 Å². The molecule has 1 aliphatic rings. The van der Waals surface area contributed by atoms with E-state index in [9.17, 15) is 4.79 Å². The third-order valence-electron chi connectivity index (χ3n) is 1.33. The van der Waals surface area contributed by atoms with Gasteiger partial charge in [-0.1, -0.05) is 20.3 Å². The molecule has 1 rings (SSSR count). The van der Waals surface area contributed by atoms with E-state index >= 15 is 0 Å². The number of aliphatic hydroxyl groups excluding tert-OH is 1. The van der Waals surface area contributed by atoms with Gasteiger partial charge in [0.05, 0.1) is 0 Å². The molecule has 0 fully saturated rings. The maximum Gasteiger partial charge on any atom is 0 e. The summed E-state index contributed by atoms with van der Waals surface area (Å²) in [4.78, 5) is 25.0. The van der Waals surface area contributed by atoms with Gasteiger partial charge < -0.3 is 17.3 Å². The fraction of sp³-hybridized carbons (Fsp3) is 0.250. The SMILES string of the molecule is CC.O=[C-]O.[CH-]=CC=C1C(=O)N(O[C](C)=[V])N=N[C]1=[W].[CH3-].[Y]. The summed E-state index contributed by atoms with van der Waals surface area (Å²) in [5, 5.41) is 15.0. The second-order valence-corrected chi connectivity index (χ2v) is 4.92. The van der Waals surface area contributed by atoms with Gasteiger partial charge in [0, 0.05) is 32.7 Å². The number of hydroxylamine groups is 1. The van der Waals surface area contributed by atoms with Crippen molar-refractivity contribution in [2.24, 2.45) is 10.3 Å². The van der Waals surface area contributed by atoms with Gasteiger partial charge in [0.2, 0.25) is 0 Å². The second-order valence-electron chi connectivity index (χ2n) is 2.55. The molecule has 0 atom stereocenters. The summed E-state index contributed by atoms with van der Waals surface area (Å²) in [6, 6.07) is 0. The first-order valence-electron chi connectivity index (χ1n) is 5.25. The van der Waals surface area contributed by atoms with Crippen LogP contribution < -0.4 is 0 Å². The topological polar surface area (TPSA) is 91.6 Å². The molecule has 0 aromatic heterocycles. The van der Waals surface area contributed by atoms with Gasteiger partial charge in [0.1, 0.15) is 0 Å². The third kappa shape index (κ3) is 12.6. The molecule has 1 N–H and O–H groups in total. The van der Waals surface area contributed by atoms with E-state index < -0.39 is 0 Å². The summed E-state index contributed by atoms with van der Waals surface area (Å²) >= 11 is 3.21. The van der Waals surface area contributed by atoms with Gasteiger partial charge in [-0.2, -0.15) is 0 Å². The molecule has 0 spiro atoms. The molecule has 0 aromatic rings. The average Bonchev–Trinajstić information content (AvgIpc) is 2.41. The van der Waals surface area contributed by atoms with Crippen molar-refractivity contribution in [2.45, 2.75) is 20.8 Å². The van der Waals surface area contributed by atoms with Crippen LogP contribution in [-0.4, -0.2) is 31.1 Å². The van der Waals surface area contributed by atoms with Crippen LogP contribution in [0.3, 0.4) is 0 Å². The van der Waals surface area contributed by atoms with Gasteiger partial charge >= 0.3 is 107 Å². The largest absolute Gasteiger partial charge is 0.358 e. The fourth-order valence-electron chi connectivity index (χ4n) is 0.794. The number of rotatable bonds is 3. The maximum absolute atomic E-state index is 11.7. The minimum absolute atomic E-state index is 0. The van der Waals surface area contributed by atoms with E-state index in [-0.39, 0.29) is 46.0 Å². The van der Waals surface area contributed by atoms with Crippen LogP contribution in [0.1, 0.15) is 20.8 Å². The third-order valence-corrected chi connectivity index (χ3v) is 2.54. The van der Waals surface area contributed by atoms with Crippen LogP contribution in [0, 0.1) is 14.0 Å². The van der Waals surface area contributed by atoms with E-state index in [0.717, 1.165) is 24.5 Å². The normalized spacial score (nSPS) is 13.4. The number of amides is 1. The Balaban J connectivity index is -0.000000207. The standard InChI is InChI=1S/C8H6N3O2.C2H6.CHO2.CH3.V.W.Y/c1-3-5-7-6-9-10-11(8(7)12)13-4-2;1-2;2-1-3;;;;/h1,3,5H,2H3;1-2H3;(H,2,3);1H3;;;/q-1;;2*-1;;;. The zero-order valence-corrected chi connectivity index (χ0v) is 19.8. The van der Waals surface area contributed by atoms with E-state index in [4.69, 9.17) is 21.3 Å². The molecule has 0 unspecified atom stereocenters. The zero-order chi connectivity index (χ0) is 16.1. The predicted octanol–water partition coefficient (Wildman–Crippen LogP) is 1.50. The molecule has 1 amide bonds. The smallest absolute Gasteiger partial charge is 0 e. The minimum Gasteiger partial charge on any atom is -0.358 e. The number of carbonyl (C=O) groups excluding carboxylic acids is 1. The van der Waals surface area contributed by atoms with Crippen molar-refractivity contribution in [1.29, 1.82) is 0 Å². The van der Waals surface area contributed by atoms with E-state index in [0.29, 0.717) is 20.5 Å². The first-order valence-corrected chi connectivity index (χ1v) is 7.41. The number of hydrogen-bond donors (Lipinski definition) is 1. The molecule has 120 valence electrons. The number of hydrogen-bond acceptors (Lipinski definition) is 5. The summed E-state index contributed by atoms with van der Waals surface area (Å²) in [7, 11) is 0. The second kappa shape index (κ2) is 19.1. The molecule has 22 heavy (non-hydrogen) atoms. The van der Waals surface area contributed by atoms with Crippen molar-refractivity contribution in [3.8, 4) is 0 Å². The van der Waals surface area contributed by atoms with Crippen LogP contribution in [0.15, 0.2) is 28.1 Å². The average molecular weight is 590 g/mol. The number of carbonyl (C=O) groups is 1. The predicted molar refractivity (Wildman–Crippen MR) is 71.5 cm³/mol. The summed E-state index contributed by atoms with van der Waals surface area (Å²) in [5.74, 6) is -0.373. The van der Waals surface area contributed by atoms with E-state index in [2.05, 4.69) is 27.3 Å². The monoisotopic (exact) mass is 590 g/mol. The minimum atomic E-state index is -0.373. The van der Waals surface area contributed by atoms with Gasteiger partial charge in [0.25, 0.3) is 0 Å². The zero-order valence-electron chi connectivity index (χ0n) is 12.7. The first-order chi connectivity index (χ1) is 9.47. The van der Waals surface area contributed by atoms with Gasteiger partial charge in [0.15, 0.2) is 0 Å².